The van der Waals surface area contributed by atoms with E-state index in [0.29, 0.717) is 25.9 Å². The number of rotatable bonds is 6. The number of hydrogen-bond acceptors (Lipinski definition) is 4. The van der Waals surface area contributed by atoms with E-state index in [2.05, 4.69) is 21.2 Å². The van der Waals surface area contributed by atoms with Crippen LogP contribution in [0.3, 0.4) is 0 Å². The molecular weight excluding hydrogens is 424 g/mol. The molecule has 0 spiro atoms. The highest BCUT2D eigenvalue weighted by Gasteiger charge is 2.39. The first-order chi connectivity index (χ1) is 12.0. The van der Waals surface area contributed by atoms with Crippen molar-refractivity contribution >= 4 is 43.2 Å². The second-order valence-electron chi connectivity index (χ2n) is 5.86. The Bertz CT molecular complexity index is 837. The summed E-state index contributed by atoms with van der Waals surface area (Å²) in [4.78, 5) is 12.5. The van der Waals surface area contributed by atoms with Crippen LogP contribution in [0.1, 0.15) is 18.4 Å². The predicted octanol–water partition coefficient (Wildman–Crippen LogP) is 3.02. The molecule has 134 valence electrons. The SMILES string of the molecule is O=C(NCCc1ccccc1)[C@H]1CCCN1S(=O)(=O)c1ccc(Br)s1. The summed E-state index contributed by atoms with van der Waals surface area (Å²) in [6.07, 6.45) is 1.98. The molecule has 1 amide bonds. The second kappa shape index (κ2) is 7.99. The molecule has 1 aliphatic rings. The van der Waals surface area contributed by atoms with Crippen LogP contribution in [-0.4, -0.2) is 37.8 Å². The lowest BCUT2D eigenvalue weighted by atomic mass is 10.1. The van der Waals surface area contributed by atoms with Gasteiger partial charge in [-0.2, -0.15) is 4.31 Å². The van der Waals surface area contributed by atoms with Crippen molar-refractivity contribution < 1.29 is 13.2 Å². The number of benzene rings is 1. The minimum absolute atomic E-state index is 0.215. The molecule has 0 aliphatic carbocycles. The molecule has 2 heterocycles. The van der Waals surface area contributed by atoms with Gasteiger partial charge in [0.05, 0.1) is 3.79 Å². The summed E-state index contributed by atoms with van der Waals surface area (Å²) in [5, 5.41) is 2.88. The van der Waals surface area contributed by atoms with Gasteiger partial charge in [0.2, 0.25) is 5.91 Å². The molecule has 2 aromatic rings. The van der Waals surface area contributed by atoms with Gasteiger partial charge in [0.15, 0.2) is 0 Å². The second-order valence-corrected chi connectivity index (χ2v) is 10.4. The van der Waals surface area contributed by atoms with E-state index < -0.39 is 16.1 Å². The smallest absolute Gasteiger partial charge is 0.253 e. The number of carbonyl (C=O) groups is 1. The zero-order valence-corrected chi connectivity index (χ0v) is 16.7. The summed E-state index contributed by atoms with van der Waals surface area (Å²) < 4.78 is 27.9. The number of sulfonamides is 1. The van der Waals surface area contributed by atoms with Crippen molar-refractivity contribution in [3.05, 3.63) is 51.8 Å². The van der Waals surface area contributed by atoms with Crippen LogP contribution in [0.4, 0.5) is 0 Å². The minimum atomic E-state index is -3.63. The highest BCUT2D eigenvalue weighted by molar-refractivity contribution is 9.11. The maximum atomic E-state index is 12.8. The van der Waals surface area contributed by atoms with Gasteiger partial charge >= 0.3 is 0 Å². The molecule has 1 fully saturated rings. The van der Waals surface area contributed by atoms with Crippen LogP contribution < -0.4 is 5.32 Å². The van der Waals surface area contributed by atoms with Gasteiger partial charge in [-0.1, -0.05) is 30.3 Å². The van der Waals surface area contributed by atoms with Gasteiger partial charge in [-0.25, -0.2) is 8.42 Å². The van der Waals surface area contributed by atoms with Crippen LogP contribution in [0.2, 0.25) is 0 Å². The summed E-state index contributed by atoms with van der Waals surface area (Å²) in [6.45, 7) is 0.881. The number of halogens is 1. The van der Waals surface area contributed by atoms with Gasteiger partial charge in [-0.15, -0.1) is 11.3 Å². The van der Waals surface area contributed by atoms with E-state index in [4.69, 9.17) is 0 Å². The lowest BCUT2D eigenvalue weighted by molar-refractivity contribution is -0.124. The van der Waals surface area contributed by atoms with Crippen LogP contribution in [0, 0.1) is 0 Å². The van der Waals surface area contributed by atoms with Gasteiger partial charge in [0, 0.05) is 13.1 Å². The van der Waals surface area contributed by atoms with Gasteiger partial charge in [0.1, 0.15) is 10.3 Å². The summed E-state index contributed by atoms with van der Waals surface area (Å²) >= 11 is 4.46. The molecule has 0 saturated carbocycles. The Hall–Kier alpha value is -1.22. The lowest BCUT2D eigenvalue weighted by Gasteiger charge is -2.22. The predicted molar refractivity (Wildman–Crippen MR) is 102 cm³/mol. The third-order valence-electron chi connectivity index (χ3n) is 4.17. The number of nitrogens with one attached hydrogen (secondary N) is 1. The van der Waals surface area contributed by atoms with E-state index in [-0.39, 0.29) is 10.1 Å². The van der Waals surface area contributed by atoms with Crippen molar-refractivity contribution in [3.8, 4) is 0 Å². The molecular formula is C17H19BrN2O3S2. The molecule has 1 saturated heterocycles. The number of amides is 1. The molecule has 5 nitrogen and oxygen atoms in total. The summed E-state index contributed by atoms with van der Waals surface area (Å²) in [7, 11) is -3.63. The van der Waals surface area contributed by atoms with Crippen LogP contribution in [0.5, 0.6) is 0 Å². The van der Waals surface area contributed by atoms with Gasteiger partial charge in [-0.3, -0.25) is 4.79 Å². The van der Waals surface area contributed by atoms with Crippen molar-refractivity contribution in [1.29, 1.82) is 0 Å². The summed E-state index contributed by atoms with van der Waals surface area (Å²) in [5.41, 5.74) is 1.14. The molecule has 1 atom stereocenters. The van der Waals surface area contributed by atoms with Crippen LogP contribution in [0.15, 0.2) is 50.5 Å². The van der Waals surface area contributed by atoms with E-state index in [1.165, 1.54) is 15.6 Å². The number of nitrogens with zero attached hydrogens (tertiary/aromatic N) is 1. The molecule has 0 bridgehead atoms. The normalized spacial score (nSPS) is 18.4. The lowest BCUT2D eigenvalue weighted by Crippen LogP contribution is -2.46. The molecule has 1 N–H and O–H groups in total. The molecule has 3 rings (SSSR count). The minimum Gasteiger partial charge on any atom is -0.354 e. The van der Waals surface area contributed by atoms with Crippen molar-refractivity contribution in [2.45, 2.75) is 29.5 Å². The van der Waals surface area contributed by atoms with Crippen LogP contribution >= 0.6 is 27.3 Å². The average molecular weight is 443 g/mol. The number of thiophene rings is 1. The largest absolute Gasteiger partial charge is 0.354 e. The van der Waals surface area contributed by atoms with Crippen LogP contribution in [-0.2, 0) is 21.2 Å². The first-order valence-electron chi connectivity index (χ1n) is 8.07. The topological polar surface area (TPSA) is 66.5 Å². The Labute approximate surface area is 160 Å². The van der Waals surface area contributed by atoms with E-state index in [0.717, 1.165) is 15.8 Å². The van der Waals surface area contributed by atoms with Gasteiger partial charge in [-0.05, 0) is 52.9 Å². The molecule has 8 heteroatoms. The molecule has 25 heavy (non-hydrogen) atoms. The maximum absolute atomic E-state index is 12.8. The zero-order valence-electron chi connectivity index (χ0n) is 13.5. The zero-order chi connectivity index (χ0) is 17.9. The van der Waals surface area contributed by atoms with E-state index in [9.17, 15) is 13.2 Å². The van der Waals surface area contributed by atoms with Gasteiger partial charge in [0.25, 0.3) is 10.0 Å². The molecule has 0 unspecified atom stereocenters. The van der Waals surface area contributed by atoms with Crippen molar-refractivity contribution in [2.24, 2.45) is 0 Å². The fourth-order valence-electron chi connectivity index (χ4n) is 2.93. The Morgan fingerprint density at radius 3 is 2.68 bits per heavy atom. The van der Waals surface area contributed by atoms with Crippen LogP contribution in [0.25, 0.3) is 0 Å². The standard InChI is InChI=1S/C17H19BrN2O3S2/c18-15-8-9-16(24-15)25(22,23)20-12-4-7-14(20)17(21)19-11-10-13-5-2-1-3-6-13/h1-3,5-6,8-9,14H,4,7,10-12H2,(H,19,21)/t14-/m1/s1. The average Bonchev–Trinajstić information content (AvgIpc) is 3.25. The third-order valence-corrected chi connectivity index (χ3v) is 8.17. The Kier molecular flexibility index (Phi) is 5.93. The van der Waals surface area contributed by atoms with Crippen molar-refractivity contribution in [2.75, 3.05) is 13.1 Å². The third kappa shape index (κ3) is 4.31. The molecule has 1 aliphatic heterocycles. The number of hydrogen-bond donors (Lipinski definition) is 1. The van der Waals surface area contributed by atoms with E-state index in [1.807, 2.05) is 30.3 Å². The maximum Gasteiger partial charge on any atom is 0.253 e. The first kappa shape index (κ1) is 18.6. The summed E-state index contributed by atoms with van der Waals surface area (Å²) in [6, 6.07) is 12.5. The summed E-state index contributed by atoms with van der Waals surface area (Å²) in [5.74, 6) is -0.215. The molecule has 0 radical (unpaired) electrons. The Morgan fingerprint density at radius 2 is 2.00 bits per heavy atom. The highest BCUT2D eigenvalue weighted by atomic mass is 79.9. The van der Waals surface area contributed by atoms with E-state index >= 15 is 0 Å². The Balaban J connectivity index is 1.63. The number of carbonyl (C=O) groups excluding carboxylic acids is 1. The highest BCUT2D eigenvalue weighted by Crippen LogP contribution is 2.32. The fourth-order valence-corrected chi connectivity index (χ4v) is 6.73. The molecule has 1 aromatic heterocycles. The fraction of sp³-hybridized carbons (Fsp3) is 0.353. The van der Waals surface area contributed by atoms with Gasteiger partial charge < -0.3 is 5.32 Å². The monoisotopic (exact) mass is 442 g/mol. The van der Waals surface area contributed by atoms with E-state index in [1.54, 1.807) is 12.1 Å². The quantitative estimate of drug-likeness (QED) is 0.747. The first-order valence-corrected chi connectivity index (χ1v) is 11.1. The van der Waals surface area contributed by atoms with Crippen molar-refractivity contribution in [3.63, 3.8) is 0 Å². The van der Waals surface area contributed by atoms with Crippen molar-refractivity contribution in [1.82, 2.24) is 9.62 Å². The molecule has 1 aromatic carbocycles. The Morgan fingerprint density at radius 1 is 1.24 bits per heavy atom.